The number of carbonyl (C=O) groups excluding carboxylic acids is 6. The minimum atomic E-state index is -1.11. The topological polar surface area (TPSA) is 248 Å². The minimum absolute atomic E-state index is 0.146. The van der Waals surface area contributed by atoms with E-state index in [4.69, 9.17) is 24.7 Å². The summed E-state index contributed by atoms with van der Waals surface area (Å²) in [4.78, 5) is 103. The van der Waals surface area contributed by atoms with E-state index in [-0.39, 0.29) is 32.6 Å². The smallest absolute Gasteiger partial charge is 0.326 e. The first-order valence-electron chi connectivity index (χ1n) is 20.5. The van der Waals surface area contributed by atoms with E-state index in [1.165, 1.54) is 12.4 Å². The van der Waals surface area contributed by atoms with Gasteiger partial charge < -0.3 is 48.7 Å². The zero-order valence-corrected chi connectivity index (χ0v) is 38.5. The van der Waals surface area contributed by atoms with Crippen LogP contribution in [0.1, 0.15) is 114 Å². The maximum atomic E-state index is 13.8. The quantitative estimate of drug-likeness (QED) is 0.0981. The zero-order chi connectivity index (χ0) is 47.2. The Balaban J connectivity index is 2.39. The van der Waals surface area contributed by atoms with Gasteiger partial charge in [-0.05, 0) is 102 Å². The van der Waals surface area contributed by atoms with Crippen LogP contribution in [-0.4, -0.2) is 142 Å². The van der Waals surface area contributed by atoms with Crippen molar-refractivity contribution in [2.45, 2.75) is 157 Å². The molecular weight excluding hydrogens is 809 g/mol. The summed E-state index contributed by atoms with van der Waals surface area (Å²) in [5.41, 5.74) is 2.41. The van der Waals surface area contributed by atoms with E-state index in [2.05, 4.69) is 9.97 Å². The maximum absolute atomic E-state index is 13.8. The number of aromatic nitrogens is 4. The number of amides is 2. The fourth-order valence-electron chi connectivity index (χ4n) is 5.78. The molecular formula is C42H68N8O12. The SMILES string of the molecule is CC(C)(C)OC(=O)CN(CC(=O)OC(C)(C)C)C(=O)Cn1ccnc1CN(CCCC[C@@H](N)C(=O)O)Cc1nccn1CC(=O)N(CC(=O)OC(C)(C)C)CC(=O)OC(C)(C)C. The van der Waals surface area contributed by atoms with Crippen molar-refractivity contribution in [2.75, 3.05) is 32.7 Å². The molecule has 348 valence electrons. The summed E-state index contributed by atoms with van der Waals surface area (Å²) in [6.45, 7) is 18.3. The highest BCUT2D eigenvalue weighted by atomic mass is 16.6. The molecule has 0 radical (unpaired) electrons. The van der Waals surface area contributed by atoms with Gasteiger partial charge in [0, 0.05) is 24.8 Å². The summed E-state index contributed by atoms with van der Waals surface area (Å²) < 4.78 is 24.9. The predicted octanol–water partition coefficient (Wildman–Crippen LogP) is 2.69. The van der Waals surface area contributed by atoms with Gasteiger partial charge >= 0.3 is 29.8 Å². The number of carboxylic acid groups (broad SMARTS) is 1. The second-order valence-corrected chi connectivity index (χ2v) is 18.9. The first-order valence-corrected chi connectivity index (χ1v) is 20.5. The lowest BCUT2D eigenvalue weighted by Crippen LogP contribution is -2.44. The first kappa shape index (κ1) is 52.8. The average molecular weight is 877 g/mol. The Morgan fingerprint density at radius 2 is 0.919 bits per heavy atom. The van der Waals surface area contributed by atoms with Gasteiger partial charge in [0.25, 0.3) is 0 Å². The molecule has 1 atom stereocenters. The minimum Gasteiger partial charge on any atom is -0.480 e. The van der Waals surface area contributed by atoms with E-state index < -0.39 is 96.3 Å². The summed E-state index contributed by atoms with van der Waals surface area (Å²) in [7, 11) is 0. The van der Waals surface area contributed by atoms with Gasteiger partial charge in [-0.3, -0.25) is 38.5 Å². The van der Waals surface area contributed by atoms with Crippen LogP contribution in [0.15, 0.2) is 24.8 Å². The third-order valence-electron chi connectivity index (χ3n) is 8.17. The molecule has 0 aliphatic heterocycles. The van der Waals surface area contributed by atoms with Gasteiger partial charge in [-0.2, -0.15) is 0 Å². The molecule has 3 N–H and O–H groups in total. The normalized spacial score (nSPS) is 12.7. The number of rotatable bonds is 22. The Kier molecular flexibility index (Phi) is 19.3. The number of imidazole rings is 2. The number of carboxylic acids is 1. The Morgan fingerprint density at radius 1 is 0.597 bits per heavy atom. The molecule has 2 amide bonds. The van der Waals surface area contributed by atoms with E-state index in [0.29, 0.717) is 31.0 Å². The van der Waals surface area contributed by atoms with Gasteiger partial charge in [-0.1, -0.05) is 6.42 Å². The molecule has 20 nitrogen and oxygen atoms in total. The van der Waals surface area contributed by atoms with Crippen LogP contribution in [0.25, 0.3) is 0 Å². The van der Waals surface area contributed by atoms with Crippen LogP contribution in [0.4, 0.5) is 0 Å². The zero-order valence-electron chi connectivity index (χ0n) is 38.5. The number of hydrogen-bond donors (Lipinski definition) is 2. The monoisotopic (exact) mass is 876 g/mol. The Labute approximate surface area is 364 Å². The van der Waals surface area contributed by atoms with Gasteiger partial charge in [0.05, 0.1) is 13.1 Å². The fourth-order valence-corrected chi connectivity index (χ4v) is 5.78. The first-order chi connectivity index (χ1) is 28.4. The number of aliphatic carboxylic acids is 1. The van der Waals surface area contributed by atoms with Crippen LogP contribution in [0, 0.1) is 0 Å². The van der Waals surface area contributed by atoms with Crippen molar-refractivity contribution >= 4 is 41.7 Å². The molecule has 62 heavy (non-hydrogen) atoms. The van der Waals surface area contributed by atoms with E-state index in [1.807, 2.05) is 4.90 Å². The molecule has 0 saturated heterocycles. The van der Waals surface area contributed by atoms with E-state index >= 15 is 0 Å². The molecule has 2 rings (SSSR count). The molecule has 0 bridgehead atoms. The van der Waals surface area contributed by atoms with Crippen molar-refractivity contribution in [3.05, 3.63) is 36.4 Å². The average Bonchev–Trinajstić information content (AvgIpc) is 3.70. The highest BCUT2D eigenvalue weighted by molar-refractivity contribution is 5.87. The fraction of sp³-hybridized carbons (Fsp3) is 0.690. The molecule has 2 aromatic heterocycles. The van der Waals surface area contributed by atoms with Gasteiger partial charge in [0.15, 0.2) is 0 Å². The maximum Gasteiger partial charge on any atom is 0.326 e. The molecule has 0 unspecified atom stereocenters. The molecule has 0 aliphatic carbocycles. The lowest BCUT2D eigenvalue weighted by atomic mass is 10.1. The lowest BCUT2D eigenvalue weighted by molar-refractivity contribution is -0.165. The summed E-state index contributed by atoms with van der Waals surface area (Å²) in [5, 5.41) is 9.29. The van der Waals surface area contributed by atoms with Crippen LogP contribution < -0.4 is 5.73 Å². The van der Waals surface area contributed by atoms with Crippen LogP contribution >= 0.6 is 0 Å². The van der Waals surface area contributed by atoms with E-state index in [1.54, 1.807) is 105 Å². The second-order valence-electron chi connectivity index (χ2n) is 18.9. The van der Waals surface area contributed by atoms with Crippen LogP contribution in [0.5, 0.6) is 0 Å². The third-order valence-corrected chi connectivity index (χ3v) is 8.17. The summed E-state index contributed by atoms with van der Waals surface area (Å²) >= 11 is 0. The number of hydrogen-bond acceptors (Lipinski definition) is 15. The van der Waals surface area contributed by atoms with E-state index in [0.717, 1.165) is 9.80 Å². The lowest BCUT2D eigenvalue weighted by Gasteiger charge is -2.27. The number of carbonyl (C=O) groups is 7. The second kappa shape index (κ2) is 22.6. The van der Waals surface area contributed by atoms with Crippen LogP contribution in [-0.2, 0) is 78.7 Å². The molecule has 2 aromatic rings. The van der Waals surface area contributed by atoms with Crippen molar-refractivity contribution in [1.29, 1.82) is 0 Å². The number of nitrogens with two attached hydrogens (primary N) is 1. The molecule has 0 fully saturated rings. The van der Waals surface area contributed by atoms with Crippen molar-refractivity contribution in [1.82, 2.24) is 33.8 Å². The van der Waals surface area contributed by atoms with Gasteiger partial charge in [-0.25, -0.2) is 9.97 Å². The molecule has 20 heteroatoms. The van der Waals surface area contributed by atoms with Crippen LogP contribution in [0.2, 0.25) is 0 Å². The molecule has 2 heterocycles. The van der Waals surface area contributed by atoms with Crippen molar-refractivity contribution in [3.8, 4) is 0 Å². The highest BCUT2D eigenvalue weighted by Gasteiger charge is 2.29. The highest BCUT2D eigenvalue weighted by Crippen LogP contribution is 2.16. The Morgan fingerprint density at radius 3 is 1.21 bits per heavy atom. The van der Waals surface area contributed by atoms with Crippen LogP contribution in [0.3, 0.4) is 0 Å². The molecule has 0 saturated carbocycles. The molecule has 0 aliphatic rings. The largest absolute Gasteiger partial charge is 0.480 e. The number of nitrogens with zero attached hydrogens (tertiary/aromatic N) is 7. The predicted molar refractivity (Wildman–Crippen MR) is 225 cm³/mol. The molecule has 0 spiro atoms. The van der Waals surface area contributed by atoms with Gasteiger partial charge in [-0.15, -0.1) is 0 Å². The summed E-state index contributed by atoms with van der Waals surface area (Å²) in [5.74, 6) is -4.23. The van der Waals surface area contributed by atoms with Crippen molar-refractivity contribution in [3.63, 3.8) is 0 Å². The Hall–Kier alpha value is -5.37. The number of esters is 4. The Bertz CT molecular complexity index is 1670. The van der Waals surface area contributed by atoms with Crippen molar-refractivity contribution < 1.29 is 57.6 Å². The van der Waals surface area contributed by atoms with Gasteiger partial charge in [0.1, 0.15) is 79.4 Å². The third kappa shape index (κ3) is 21.4. The standard InChI is InChI=1S/C42H68N8O12/c1-39(2,3)59-34(53)25-49(26-35(54)60-40(4,5)6)32(51)23-47-19-16-44-30(47)21-46(18-14-13-15-29(43)38(57)58)22-31-45-17-20-48(31)24-33(52)50(27-36(55)61-41(7,8)9)28-37(56)62-42(10,11)12/h16-17,19-20,29H,13-15,18,21-28,43H2,1-12H3,(H,57,58)/t29-/m1/s1. The van der Waals surface area contributed by atoms with Gasteiger partial charge in [0.2, 0.25) is 11.8 Å². The number of unbranched alkanes of at least 4 members (excludes halogenated alkanes) is 1. The molecule has 0 aromatic carbocycles. The van der Waals surface area contributed by atoms with E-state index in [9.17, 15) is 38.7 Å². The summed E-state index contributed by atoms with van der Waals surface area (Å²) in [6, 6.07) is -1.04. The summed E-state index contributed by atoms with van der Waals surface area (Å²) in [6.07, 6.45) is 7.38. The van der Waals surface area contributed by atoms with Crippen molar-refractivity contribution in [2.24, 2.45) is 5.73 Å². The number of ether oxygens (including phenoxy) is 4.